The fraction of sp³-hybridized carbons (Fsp3) is 0.833. The average Bonchev–Trinajstić information content (AvgIpc) is 1.96. The van der Waals surface area contributed by atoms with Crippen molar-refractivity contribution in [2.75, 3.05) is 20.3 Å². The molecule has 0 radical (unpaired) electrons. The smallest absolute Gasteiger partial charge is 0.335 e. The molecule has 0 rings (SSSR count). The summed E-state index contributed by atoms with van der Waals surface area (Å²) in [6.07, 6.45) is -3.98. The van der Waals surface area contributed by atoms with Crippen LogP contribution in [-0.2, 0) is 14.3 Å². The van der Waals surface area contributed by atoms with E-state index in [1.54, 1.807) is 0 Å². The highest BCUT2D eigenvalue weighted by atomic mass is 19.3. The maximum atomic E-state index is 11.5. The van der Waals surface area contributed by atoms with Crippen LogP contribution in [0.5, 0.6) is 0 Å². The van der Waals surface area contributed by atoms with Gasteiger partial charge in [-0.05, 0) is 0 Å². The van der Waals surface area contributed by atoms with Crippen molar-refractivity contribution < 1.29 is 28.2 Å². The molecule has 6 heteroatoms. The normalized spacial score (nSPS) is 13.3. The third kappa shape index (κ3) is 4.97. The number of hydrogen-bond acceptors (Lipinski definition) is 3. The Labute approximate surface area is 68.1 Å². The molecule has 0 bridgehead atoms. The second kappa shape index (κ2) is 5.84. The number of carboxylic acid groups (broad SMARTS) is 1. The van der Waals surface area contributed by atoms with Gasteiger partial charge in [0.25, 0.3) is 6.43 Å². The van der Waals surface area contributed by atoms with Crippen LogP contribution >= 0.6 is 0 Å². The van der Waals surface area contributed by atoms with Crippen LogP contribution in [0, 0.1) is 0 Å². The number of aliphatic carboxylic acids is 1. The second-order valence-corrected chi connectivity index (χ2v) is 2.01. The Kier molecular flexibility index (Phi) is 5.48. The van der Waals surface area contributed by atoms with Crippen LogP contribution in [0.3, 0.4) is 0 Å². The number of halogens is 2. The molecule has 0 aliphatic heterocycles. The van der Waals surface area contributed by atoms with E-state index in [2.05, 4.69) is 9.47 Å². The van der Waals surface area contributed by atoms with Gasteiger partial charge in [-0.25, -0.2) is 13.6 Å². The maximum absolute atomic E-state index is 11.5. The van der Waals surface area contributed by atoms with Gasteiger partial charge >= 0.3 is 5.97 Å². The molecule has 0 aromatic rings. The molecule has 4 nitrogen and oxygen atoms in total. The largest absolute Gasteiger partial charge is 0.479 e. The standard InChI is InChI=1S/C6H10F2O4/c1-11-2-4(6(9)10)12-3-5(7)8/h4-5H,2-3H2,1H3,(H,9,10). The Morgan fingerprint density at radius 1 is 1.50 bits per heavy atom. The molecule has 0 aromatic carbocycles. The fourth-order valence-electron chi connectivity index (χ4n) is 0.531. The van der Waals surface area contributed by atoms with E-state index in [-0.39, 0.29) is 6.61 Å². The number of rotatable bonds is 6. The molecular weight excluding hydrogens is 174 g/mol. The highest BCUT2D eigenvalue weighted by Crippen LogP contribution is 1.98. The molecular formula is C6H10F2O4. The van der Waals surface area contributed by atoms with Crippen molar-refractivity contribution in [2.24, 2.45) is 0 Å². The van der Waals surface area contributed by atoms with Gasteiger partial charge in [0.1, 0.15) is 6.61 Å². The second-order valence-electron chi connectivity index (χ2n) is 2.01. The minimum absolute atomic E-state index is 0.234. The van der Waals surface area contributed by atoms with Crippen molar-refractivity contribution in [3.8, 4) is 0 Å². The summed E-state index contributed by atoms with van der Waals surface area (Å²) < 4.78 is 31.9. The van der Waals surface area contributed by atoms with E-state index in [1.165, 1.54) is 7.11 Å². The van der Waals surface area contributed by atoms with Gasteiger partial charge in [-0.1, -0.05) is 0 Å². The van der Waals surface area contributed by atoms with E-state index in [4.69, 9.17) is 5.11 Å². The number of carboxylic acids is 1. The molecule has 1 atom stereocenters. The summed E-state index contributed by atoms with van der Waals surface area (Å²) in [6.45, 7) is -1.12. The van der Waals surface area contributed by atoms with Gasteiger partial charge < -0.3 is 14.6 Å². The van der Waals surface area contributed by atoms with E-state index in [9.17, 15) is 13.6 Å². The molecule has 0 amide bonds. The summed E-state index contributed by atoms with van der Waals surface area (Å²) in [5.74, 6) is -1.31. The average molecular weight is 184 g/mol. The SMILES string of the molecule is COCC(OCC(F)F)C(=O)O. The zero-order valence-corrected chi connectivity index (χ0v) is 6.50. The van der Waals surface area contributed by atoms with Gasteiger partial charge in [-0.15, -0.1) is 0 Å². The van der Waals surface area contributed by atoms with Crippen LogP contribution < -0.4 is 0 Å². The predicted octanol–water partition coefficient (Wildman–Crippen LogP) is 0.368. The van der Waals surface area contributed by atoms with E-state index < -0.39 is 25.1 Å². The van der Waals surface area contributed by atoms with E-state index in [1.807, 2.05) is 0 Å². The topological polar surface area (TPSA) is 55.8 Å². The Morgan fingerprint density at radius 2 is 2.08 bits per heavy atom. The predicted molar refractivity (Wildman–Crippen MR) is 35.3 cm³/mol. The third-order valence-corrected chi connectivity index (χ3v) is 1.02. The molecule has 0 fully saturated rings. The first kappa shape index (κ1) is 11.2. The lowest BCUT2D eigenvalue weighted by Gasteiger charge is -2.11. The summed E-state index contributed by atoms with van der Waals surface area (Å²) in [5, 5.41) is 8.37. The number of carbonyl (C=O) groups is 1. The summed E-state index contributed by atoms with van der Waals surface area (Å²) in [6, 6.07) is 0. The summed E-state index contributed by atoms with van der Waals surface area (Å²) in [5.41, 5.74) is 0. The molecule has 0 heterocycles. The third-order valence-electron chi connectivity index (χ3n) is 1.02. The number of ether oxygens (including phenoxy) is 2. The Bertz CT molecular complexity index is 140. The molecule has 0 spiro atoms. The molecule has 12 heavy (non-hydrogen) atoms. The molecule has 1 N–H and O–H groups in total. The molecule has 0 aliphatic rings. The minimum atomic E-state index is -2.66. The molecule has 0 saturated carbocycles. The van der Waals surface area contributed by atoms with Gasteiger partial charge in [0.05, 0.1) is 6.61 Å². The summed E-state index contributed by atoms with van der Waals surface area (Å²) in [4.78, 5) is 10.3. The molecule has 72 valence electrons. The van der Waals surface area contributed by atoms with Crippen molar-refractivity contribution in [3.05, 3.63) is 0 Å². The van der Waals surface area contributed by atoms with Crippen molar-refractivity contribution in [2.45, 2.75) is 12.5 Å². The van der Waals surface area contributed by atoms with Crippen LogP contribution in [-0.4, -0.2) is 43.9 Å². The van der Waals surface area contributed by atoms with Crippen molar-refractivity contribution in [1.29, 1.82) is 0 Å². The first-order chi connectivity index (χ1) is 5.57. The van der Waals surface area contributed by atoms with Crippen molar-refractivity contribution in [1.82, 2.24) is 0 Å². The lowest BCUT2D eigenvalue weighted by atomic mass is 10.4. The zero-order valence-electron chi connectivity index (χ0n) is 6.50. The maximum Gasteiger partial charge on any atom is 0.335 e. The number of hydrogen-bond donors (Lipinski definition) is 1. The van der Waals surface area contributed by atoms with E-state index >= 15 is 0 Å². The van der Waals surface area contributed by atoms with Gasteiger partial charge in [-0.2, -0.15) is 0 Å². The van der Waals surface area contributed by atoms with Gasteiger partial charge in [0.15, 0.2) is 6.10 Å². The van der Waals surface area contributed by atoms with Crippen LogP contribution in [0.4, 0.5) is 8.78 Å². The van der Waals surface area contributed by atoms with Gasteiger partial charge in [0, 0.05) is 7.11 Å². The Morgan fingerprint density at radius 3 is 2.42 bits per heavy atom. The van der Waals surface area contributed by atoms with Crippen LogP contribution in [0.15, 0.2) is 0 Å². The van der Waals surface area contributed by atoms with E-state index in [0.717, 1.165) is 0 Å². The number of methoxy groups -OCH3 is 1. The quantitative estimate of drug-likeness (QED) is 0.647. The van der Waals surface area contributed by atoms with Crippen molar-refractivity contribution in [3.63, 3.8) is 0 Å². The Hall–Kier alpha value is -0.750. The fourth-order valence-corrected chi connectivity index (χ4v) is 0.531. The molecule has 1 unspecified atom stereocenters. The molecule has 0 aromatic heterocycles. The van der Waals surface area contributed by atoms with Crippen LogP contribution in [0.25, 0.3) is 0 Å². The van der Waals surface area contributed by atoms with Gasteiger partial charge in [-0.3, -0.25) is 0 Å². The number of alkyl halides is 2. The lowest BCUT2D eigenvalue weighted by Crippen LogP contribution is -2.30. The highest BCUT2D eigenvalue weighted by molar-refractivity contribution is 5.72. The lowest BCUT2D eigenvalue weighted by molar-refractivity contribution is -0.156. The van der Waals surface area contributed by atoms with E-state index in [0.29, 0.717) is 0 Å². The molecule has 0 aliphatic carbocycles. The van der Waals surface area contributed by atoms with Gasteiger partial charge in [0.2, 0.25) is 0 Å². The van der Waals surface area contributed by atoms with Crippen LogP contribution in [0.2, 0.25) is 0 Å². The first-order valence-corrected chi connectivity index (χ1v) is 3.19. The minimum Gasteiger partial charge on any atom is -0.479 e. The van der Waals surface area contributed by atoms with Crippen LogP contribution in [0.1, 0.15) is 0 Å². The van der Waals surface area contributed by atoms with Crippen molar-refractivity contribution >= 4 is 5.97 Å². The first-order valence-electron chi connectivity index (χ1n) is 3.19. The zero-order chi connectivity index (χ0) is 9.56. The molecule has 0 saturated heterocycles. The summed E-state index contributed by atoms with van der Waals surface area (Å²) in [7, 11) is 1.27. The monoisotopic (exact) mass is 184 g/mol. The highest BCUT2D eigenvalue weighted by Gasteiger charge is 2.19. The Balaban J connectivity index is 3.71. The summed E-state index contributed by atoms with van der Waals surface area (Å²) >= 11 is 0.